The van der Waals surface area contributed by atoms with Gasteiger partial charge in [0.1, 0.15) is 12.0 Å². The number of ether oxygens (including phenoxy) is 1. The predicted octanol–water partition coefficient (Wildman–Crippen LogP) is 2.43. The lowest BCUT2D eigenvalue weighted by Gasteiger charge is -2.21. The molecule has 0 amide bonds. The molecule has 1 aliphatic heterocycles. The van der Waals surface area contributed by atoms with Gasteiger partial charge in [0.15, 0.2) is 5.76 Å². The van der Waals surface area contributed by atoms with E-state index in [1.165, 1.54) is 6.26 Å². The molecule has 2 heteroatoms. The van der Waals surface area contributed by atoms with E-state index >= 15 is 0 Å². The third kappa shape index (κ3) is 1.05. The molecular formula is C10H10O2. The molecule has 1 N–H and O–H groups in total. The largest absolute Gasteiger partial charge is 0.505 e. The number of allylic oxidation sites excluding steroid dienone is 5. The van der Waals surface area contributed by atoms with Crippen molar-refractivity contribution in [2.24, 2.45) is 5.92 Å². The standard InChI is InChI=1S/C10H10O2/c1-7-3-2-4-10-9(7)5-8(11)6-12-10/h2-7,11H,1H3. The number of aliphatic hydroxyl groups excluding tert-OH is 1. The Kier molecular flexibility index (Phi) is 1.54. The molecule has 0 aromatic carbocycles. The Labute approximate surface area is 71.2 Å². The molecule has 1 unspecified atom stereocenters. The van der Waals surface area contributed by atoms with Crippen LogP contribution in [-0.4, -0.2) is 5.11 Å². The first-order valence-corrected chi connectivity index (χ1v) is 3.93. The fraction of sp³-hybridized carbons (Fsp3) is 0.200. The van der Waals surface area contributed by atoms with E-state index < -0.39 is 0 Å². The van der Waals surface area contributed by atoms with Crippen LogP contribution in [0.3, 0.4) is 0 Å². The Bertz CT molecular complexity index is 319. The summed E-state index contributed by atoms with van der Waals surface area (Å²) in [7, 11) is 0. The Hall–Kier alpha value is -1.44. The van der Waals surface area contributed by atoms with Gasteiger partial charge in [-0.15, -0.1) is 0 Å². The lowest BCUT2D eigenvalue weighted by atomic mass is 9.93. The Morgan fingerprint density at radius 2 is 2.33 bits per heavy atom. The zero-order valence-corrected chi connectivity index (χ0v) is 6.82. The minimum Gasteiger partial charge on any atom is -0.505 e. The lowest BCUT2D eigenvalue weighted by molar-refractivity contribution is 0.304. The quantitative estimate of drug-likeness (QED) is 0.592. The van der Waals surface area contributed by atoms with Crippen LogP contribution in [0.4, 0.5) is 0 Å². The molecule has 12 heavy (non-hydrogen) atoms. The maximum absolute atomic E-state index is 9.17. The van der Waals surface area contributed by atoms with Gasteiger partial charge >= 0.3 is 0 Å². The molecule has 1 atom stereocenters. The van der Waals surface area contributed by atoms with Crippen LogP contribution < -0.4 is 0 Å². The van der Waals surface area contributed by atoms with Gasteiger partial charge in [0.2, 0.25) is 0 Å². The lowest BCUT2D eigenvalue weighted by Crippen LogP contribution is -2.08. The molecule has 0 spiro atoms. The van der Waals surface area contributed by atoms with Crippen LogP contribution in [-0.2, 0) is 4.74 Å². The van der Waals surface area contributed by atoms with Gasteiger partial charge in [0.05, 0.1) is 0 Å². The highest BCUT2D eigenvalue weighted by atomic mass is 16.5. The maximum atomic E-state index is 9.17. The molecule has 0 saturated heterocycles. The predicted molar refractivity (Wildman–Crippen MR) is 46.3 cm³/mol. The first-order valence-electron chi connectivity index (χ1n) is 3.93. The molecule has 0 saturated carbocycles. The van der Waals surface area contributed by atoms with Crippen LogP contribution in [0, 0.1) is 5.92 Å². The summed E-state index contributed by atoms with van der Waals surface area (Å²) in [5, 5.41) is 9.17. The van der Waals surface area contributed by atoms with Gasteiger partial charge in [-0.05, 0) is 12.2 Å². The van der Waals surface area contributed by atoms with Gasteiger partial charge in [-0.25, -0.2) is 0 Å². The number of fused-ring (bicyclic) bond motifs is 1. The second kappa shape index (κ2) is 2.55. The van der Waals surface area contributed by atoms with E-state index in [1.807, 2.05) is 12.2 Å². The minimum absolute atomic E-state index is 0.185. The topological polar surface area (TPSA) is 29.5 Å². The Balaban J connectivity index is 2.41. The summed E-state index contributed by atoms with van der Waals surface area (Å²) in [5.41, 5.74) is 1.04. The van der Waals surface area contributed by atoms with Gasteiger partial charge < -0.3 is 9.84 Å². The Morgan fingerprint density at radius 3 is 3.17 bits per heavy atom. The van der Waals surface area contributed by atoms with Gasteiger partial charge in [0.25, 0.3) is 0 Å². The zero-order chi connectivity index (χ0) is 8.55. The molecule has 1 heterocycles. The first-order chi connectivity index (χ1) is 5.77. The SMILES string of the molecule is CC1C=CC=C2OC=C(O)C=C21. The van der Waals surface area contributed by atoms with Crippen LogP contribution >= 0.6 is 0 Å². The van der Waals surface area contributed by atoms with Crippen molar-refractivity contribution < 1.29 is 9.84 Å². The van der Waals surface area contributed by atoms with Crippen molar-refractivity contribution in [2.75, 3.05) is 0 Å². The average molecular weight is 162 g/mol. The Morgan fingerprint density at radius 1 is 1.50 bits per heavy atom. The van der Waals surface area contributed by atoms with E-state index in [0.29, 0.717) is 5.92 Å². The summed E-state index contributed by atoms with van der Waals surface area (Å²) in [6, 6.07) is 0. The molecule has 2 rings (SSSR count). The highest BCUT2D eigenvalue weighted by molar-refractivity contribution is 5.43. The summed E-state index contributed by atoms with van der Waals surface area (Å²) in [4.78, 5) is 0. The second-order valence-corrected chi connectivity index (χ2v) is 2.96. The van der Waals surface area contributed by atoms with E-state index in [-0.39, 0.29) is 5.76 Å². The van der Waals surface area contributed by atoms with E-state index in [2.05, 4.69) is 13.0 Å². The van der Waals surface area contributed by atoms with Gasteiger partial charge in [-0.1, -0.05) is 19.1 Å². The molecule has 62 valence electrons. The van der Waals surface area contributed by atoms with E-state index in [9.17, 15) is 5.11 Å². The van der Waals surface area contributed by atoms with Crippen molar-refractivity contribution >= 4 is 0 Å². The van der Waals surface area contributed by atoms with Gasteiger partial charge in [0, 0.05) is 11.5 Å². The van der Waals surface area contributed by atoms with Crippen LogP contribution in [0.15, 0.2) is 47.7 Å². The number of hydrogen-bond acceptors (Lipinski definition) is 2. The third-order valence-corrected chi connectivity index (χ3v) is 2.03. The van der Waals surface area contributed by atoms with Crippen molar-refractivity contribution in [2.45, 2.75) is 6.92 Å². The van der Waals surface area contributed by atoms with Crippen LogP contribution in [0.2, 0.25) is 0 Å². The third-order valence-electron chi connectivity index (χ3n) is 2.03. The maximum Gasteiger partial charge on any atom is 0.151 e. The smallest absolute Gasteiger partial charge is 0.151 e. The van der Waals surface area contributed by atoms with Crippen LogP contribution in [0.1, 0.15) is 6.92 Å². The van der Waals surface area contributed by atoms with Gasteiger partial charge in [-0.3, -0.25) is 0 Å². The van der Waals surface area contributed by atoms with Crippen molar-refractivity contribution in [1.29, 1.82) is 0 Å². The molecular weight excluding hydrogens is 152 g/mol. The molecule has 0 aromatic heterocycles. The summed E-state index contributed by atoms with van der Waals surface area (Å²) < 4.78 is 5.19. The van der Waals surface area contributed by atoms with Crippen LogP contribution in [0.25, 0.3) is 0 Å². The fourth-order valence-corrected chi connectivity index (χ4v) is 1.36. The molecule has 0 aromatic rings. The van der Waals surface area contributed by atoms with Crippen molar-refractivity contribution in [3.8, 4) is 0 Å². The van der Waals surface area contributed by atoms with Crippen molar-refractivity contribution in [3.05, 3.63) is 47.7 Å². The van der Waals surface area contributed by atoms with Crippen LogP contribution in [0.5, 0.6) is 0 Å². The van der Waals surface area contributed by atoms with E-state index in [1.54, 1.807) is 6.08 Å². The number of aliphatic hydroxyl groups is 1. The van der Waals surface area contributed by atoms with E-state index in [4.69, 9.17) is 4.74 Å². The molecule has 0 bridgehead atoms. The first kappa shape index (κ1) is 7.22. The van der Waals surface area contributed by atoms with Gasteiger partial charge in [-0.2, -0.15) is 0 Å². The zero-order valence-electron chi connectivity index (χ0n) is 6.82. The molecule has 1 aliphatic carbocycles. The highest BCUT2D eigenvalue weighted by Gasteiger charge is 2.18. The summed E-state index contributed by atoms with van der Waals surface area (Å²) in [6.07, 6.45) is 9.02. The normalized spacial score (nSPS) is 26.4. The molecule has 0 fully saturated rings. The highest BCUT2D eigenvalue weighted by Crippen LogP contribution is 2.29. The molecule has 0 radical (unpaired) electrons. The van der Waals surface area contributed by atoms with E-state index in [0.717, 1.165) is 11.3 Å². The van der Waals surface area contributed by atoms with Crippen molar-refractivity contribution in [1.82, 2.24) is 0 Å². The van der Waals surface area contributed by atoms with Crippen molar-refractivity contribution in [3.63, 3.8) is 0 Å². The summed E-state index contributed by atoms with van der Waals surface area (Å²) in [6.45, 7) is 2.07. The monoisotopic (exact) mass is 162 g/mol. The number of hydrogen-bond donors (Lipinski definition) is 1. The summed E-state index contributed by atoms with van der Waals surface area (Å²) in [5.74, 6) is 1.34. The average Bonchev–Trinajstić information content (AvgIpc) is 2.07. The molecule has 2 aliphatic rings. The summed E-state index contributed by atoms with van der Waals surface area (Å²) >= 11 is 0. The minimum atomic E-state index is 0.185. The number of rotatable bonds is 0. The molecule has 2 nitrogen and oxygen atoms in total. The fourth-order valence-electron chi connectivity index (χ4n) is 1.36. The second-order valence-electron chi connectivity index (χ2n) is 2.96.